The van der Waals surface area contributed by atoms with Crippen molar-refractivity contribution < 1.29 is 9.59 Å². The summed E-state index contributed by atoms with van der Waals surface area (Å²) >= 11 is 1.18. The van der Waals surface area contributed by atoms with Crippen LogP contribution < -0.4 is 5.32 Å². The number of nitrogens with one attached hydrogen (secondary N) is 1. The van der Waals surface area contributed by atoms with Gasteiger partial charge < -0.3 is 5.32 Å². The number of hydrogen-bond acceptors (Lipinski definition) is 5. The Morgan fingerprint density at radius 2 is 1.52 bits per heavy atom. The molecule has 6 heteroatoms. The Labute approximate surface area is 149 Å². The highest BCUT2D eigenvalue weighted by Crippen LogP contribution is 2.22. The lowest BCUT2D eigenvalue weighted by Crippen LogP contribution is -2.38. The number of Topliss-reactive ketones (excluding diaryl/α,β-unsaturated/α-hetero) is 1. The Bertz CT molecular complexity index is 842. The van der Waals surface area contributed by atoms with E-state index >= 15 is 0 Å². The zero-order valence-electron chi connectivity index (χ0n) is 13.2. The summed E-state index contributed by atoms with van der Waals surface area (Å²) < 4.78 is 0. The van der Waals surface area contributed by atoms with Crippen LogP contribution in [0.15, 0.2) is 84.3 Å². The summed E-state index contributed by atoms with van der Waals surface area (Å²) in [5.74, 6) is -0.495. The minimum Gasteiger partial charge on any atom is -0.333 e. The third-order valence-electron chi connectivity index (χ3n) is 3.39. The summed E-state index contributed by atoms with van der Waals surface area (Å²) in [4.78, 5) is 33.3. The molecule has 1 heterocycles. The van der Waals surface area contributed by atoms with Crippen molar-refractivity contribution in [1.82, 2.24) is 15.3 Å². The predicted octanol–water partition coefficient (Wildman–Crippen LogP) is 3.21. The number of nitrogens with zero attached hydrogens (tertiary/aromatic N) is 2. The predicted molar refractivity (Wildman–Crippen MR) is 96.4 cm³/mol. The average molecular weight is 349 g/mol. The van der Waals surface area contributed by atoms with Crippen LogP contribution in [0.25, 0.3) is 0 Å². The zero-order chi connectivity index (χ0) is 17.5. The molecule has 1 N–H and O–H groups in total. The number of aromatic nitrogens is 2. The van der Waals surface area contributed by atoms with Gasteiger partial charge in [-0.15, -0.1) is 0 Å². The molecule has 5 nitrogen and oxygen atoms in total. The maximum absolute atomic E-state index is 12.8. The fourth-order valence-electron chi connectivity index (χ4n) is 2.16. The molecule has 1 amide bonds. The van der Waals surface area contributed by atoms with E-state index in [1.165, 1.54) is 18.1 Å². The van der Waals surface area contributed by atoms with E-state index < -0.39 is 5.37 Å². The van der Waals surface area contributed by atoms with Gasteiger partial charge in [-0.3, -0.25) is 9.59 Å². The maximum atomic E-state index is 12.8. The molecule has 0 bridgehead atoms. The maximum Gasteiger partial charge on any atom is 0.252 e. The van der Waals surface area contributed by atoms with Crippen LogP contribution in [0, 0.1) is 0 Å². The number of benzene rings is 2. The van der Waals surface area contributed by atoms with Crippen LogP contribution in [0.1, 0.15) is 20.7 Å². The van der Waals surface area contributed by atoms with Crippen molar-refractivity contribution in [3.05, 3.63) is 90.4 Å². The van der Waals surface area contributed by atoms with Crippen LogP contribution in [-0.2, 0) is 0 Å². The summed E-state index contributed by atoms with van der Waals surface area (Å²) in [6.45, 7) is 0. The largest absolute Gasteiger partial charge is 0.333 e. The number of carbonyl (C=O) groups is 2. The number of ketones is 1. The lowest BCUT2D eigenvalue weighted by Gasteiger charge is -2.17. The molecule has 3 rings (SSSR count). The SMILES string of the molecule is O=C(N[C@H](Sc1ccncn1)C(=O)c1ccccc1)c1ccccc1. The second kappa shape index (κ2) is 8.21. The first-order valence-electron chi connectivity index (χ1n) is 7.62. The monoisotopic (exact) mass is 349 g/mol. The number of rotatable bonds is 6. The van der Waals surface area contributed by atoms with Gasteiger partial charge in [-0.1, -0.05) is 60.3 Å². The molecule has 0 radical (unpaired) electrons. The van der Waals surface area contributed by atoms with Gasteiger partial charge in [-0.25, -0.2) is 9.97 Å². The van der Waals surface area contributed by atoms with Crippen LogP contribution >= 0.6 is 11.8 Å². The Morgan fingerprint density at radius 3 is 2.12 bits per heavy atom. The normalized spacial score (nSPS) is 11.5. The fourth-order valence-corrected chi connectivity index (χ4v) is 3.06. The lowest BCUT2D eigenvalue weighted by atomic mass is 10.1. The van der Waals surface area contributed by atoms with Gasteiger partial charge in [0.25, 0.3) is 5.91 Å². The summed E-state index contributed by atoms with van der Waals surface area (Å²) in [6, 6.07) is 19.4. The number of hydrogen-bond donors (Lipinski definition) is 1. The van der Waals surface area contributed by atoms with E-state index in [-0.39, 0.29) is 11.7 Å². The van der Waals surface area contributed by atoms with E-state index in [4.69, 9.17) is 0 Å². The molecule has 0 aliphatic rings. The molecular formula is C19H15N3O2S. The van der Waals surface area contributed by atoms with Gasteiger partial charge in [0.15, 0.2) is 5.78 Å². The van der Waals surface area contributed by atoms with E-state index in [1.54, 1.807) is 60.8 Å². The highest BCUT2D eigenvalue weighted by molar-refractivity contribution is 8.00. The Morgan fingerprint density at radius 1 is 0.880 bits per heavy atom. The lowest BCUT2D eigenvalue weighted by molar-refractivity contribution is 0.0892. The van der Waals surface area contributed by atoms with Crippen LogP contribution in [0.4, 0.5) is 0 Å². The molecule has 0 saturated heterocycles. The van der Waals surface area contributed by atoms with Gasteiger partial charge >= 0.3 is 0 Å². The Balaban J connectivity index is 1.83. The van der Waals surface area contributed by atoms with Crippen molar-refractivity contribution in [2.75, 3.05) is 0 Å². The third kappa shape index (κ3) is 4.51. The minimum atomic E-state index is -0.787. The van der Waals surface area contributed by atoms with E-state index in [1.807, 2.05) is 12.1 Å². The van der Waals surface area contributed by atoms with Crippen LogP contribution in [0.5, 0.6) is 0 Å². The minimum absolute atomic E-state index is 0.187. The molecule has 0 aliphatic heterocycles. The third-order valence-corrected chi connectivity index (χ3v) is 4.44. The first-order valence-corrected chi connectivity index (χ1v) is 8.50. The molecule has 2 aromatic carbocycles. The van der Waals surface area contributed by atoms with E-state index in [9.17, 15) is 9.59 Å². The molecular weight excluding hydrogens is 334 g/mol. The topological polar surface area (TPSA) is 72.0 Å². The summed E-state index contributed by atoms with van der Waals surface area (Å²) in [5.41, 5.74) is 1.03. The van der Waals surface area contributed by atoms with Crippen LogP contribution in [0.2, 0.25) is 0 Å². The van der Waals surface area contributed by atoms with E-state index in [0.717, 1.165) is 0 Å². The first kappa shape index (κ1) is 16.9. The molecule has 3 aromatic rings. The smallest absolute Gasteiger partial charge is 0.252 e. The van der Waals surface area contributed by atoms with Crippen LogP contribution in [0.3, 0.4) is 0 Å². The molecule has 0 unspecified atom stereocenters. The molecule has 124 valence electrons. The summed E-state index contributed by atoms with van der Waals surface area (Å²) in [5, 5.41) is 2.62. The standard InChI is InChI=1S/C19H15N3O2S/c23-17(14-7-3-1-4-8-14)19(25-16-11-12-20-13-21-16)22-18(24)15-9-5-2-6-10-15/h1-13,19H,(H,22,24)/t19-/m1/s1. The molecule has 1 aromatic heterocycles. The highest BCUT2D eigenvalue weighted by atomic mass is 32.2. The molecule has 1 atom stereocenters. The second-order valence-electron chi connectivity index (χ2n) is 5.12. The zero-order valence-corrected chi connectivity index (χ0v) is 14.0. The molecule has 0 fully saturated rings. The van der Waals surface area contributed by atoms with Gasteiger partial charge in [0, 0.05) is 17.3 Å². The van der Waals surface area contributed by atoms with Crippen molar-refractivity contribution in [1.29, 1.82) is 0 Å². The molecule has 0 spiro atoms. The Hall–Kier alpha value is -2.99. The molecule has 0 aliphatic carbocycles. The van der Waals surface area contributed by atoms with E-state index in [0.29, 0.717) is 16.2 Å². The number of carbonyl (C=O) groups excluding carboxylic acids is 2. The van der Waals surface area contributed by atoms with Crippen molar-refractivity contribution in [3.8, 4) is 0 Å². The molecule has 25 heavy (non-hydrogen) atoms. The van der Waals surface area contributed by atoms with Crippen molar-refractivity contribution in [3.63, 3.8) is 0 Å². The number of thioether (sulfide) groups is 1. The first-order chi connectivity index (χ1) is 12.2. The molecule has 0 saturated carbocycles. The quantitative estimate of drug-likeness (QED) is 0.320. The highest BCUT2D eigenvalue weighted by Gasteiger charge is 2.24. The van der Waals surface area contributed by atoms with Gasteiger partial charge in [-0.05, 0) is 18.2 Å². The Kier molecular flexibility index (Phi) is 5.53. The number of amides is 1. The fraction of sp³-hybridized carbons (Fsp3) is 0.0526. The second-order valence-corrected chi connectivity index (χ2v) is 6.24. The van der Waals surface area contributed by atoms with Gasteiger partial charge in [-0.2, -0.15) is 0 Å². The van der Waals surface area contributed by atoms with Gasteiger partial charge in [0.05, 0.1) is 0 Å². The van der Waals surface area contributed by atoms with Crippen LogP contribution in [-0.4, -0.2) is 27.0 Å². The van der Waals surface area contributed by atoms with Crippen molar-refractivity contribution in [2.45, 2.75) is 10.4 Å². The van der Waals surface area contributed by atoms with E-state index in [2.05, 4.69) is 15.3 Å². The van der Waals surface area contributed by atoms with Crippen molar-refractivity contribution in [2.24, 2.45) is 0 Å². The summed E-state index contributed by atoms with van der Waals surface area (Å²) in [6.07, 6.45) is 3.00. The van der Waals surface area contributed by atoms with Gasteiger partial charge in [0.1, 0.15) is 16.7 Å². The average Bonchev–Trinajstić information content (AvgIpc) is 2.69. The summed E-state index contributed by atoms with van der Waals surface area (Å²) in [7, 11) is 0. The van der Waals surface area contributed by atoms with Gasteiger partial charge in [0.2, 0.25) is 0 Å². The van der Waals surface area contributed by atoms with Crippen molar-refractivity contribution >= 4 is 23.5 Å².